The molecule has 9 nitrogen and oxygen atoms in total. The highest BCUT2D eigenvalue weighted by Crippen LogP contribution is 2.42. The first kappa shape index (κ1) is 22.6. The number of aryl methyl sites for hydroxylation is 1. The van der Waals surface area contributed by atoms with E-state index in [2.05, 4.69) is 20.3 Å². The Morgan fingerprint density at radius 1 is 1.24 bits per heavy atom. The number of fused-ring (bicyclic) bond motifs is 2. The van der Waals surface area contributed by atoms with Gasteiger partial charge in [-0.2, -0.15) is 4.98 Å². The zero-order chi connectivity index (χ0) is 23.5. The summed E-state index contributed by atoms with van der Waals surface area (Å²) in [5, 5.41) is 21.2. The van der Waals surface area contributed by atoms with Crippen LogP contribution in [0.2, 0.25) is 0 Å². The van der Waals surface area contributed by atoms with Crippen LogP contribution in [-0.4, -0.2) is 49.3 Å². The molecule has 170 valence electrons. The molecule has 0 aliphatic carbocycles. The number of hydrogen-bond donors (Lipinski definition) is 3. The van der Waals surface area contributed by atoms with Gasteiger partial charge in [0, 0.05) is 23.7 Å². The molecule has 2 aromatic heterocycles. The number of pyridine rings is 1. The van der Waals surface area contributed by atoms with Crippen LogP contribution in [0.4, 0.5) is 4.39 Å². The van der Waals surface area contributed by atoms with Gasteiger partial charge >= 0.3 is 5.97 Å². The Morgan fingerprint density at radius 3 is 2.76 bits per heavy atom. The zero-order valence-electron chi connectivity index (χ0n) is 17.5. The van der Waals surface area contributed by atoms with Crippen LogP contribution in [0.15, 0.2) is 35.5 Å². The monoisotopic (exact) mass is 470 g/mol. The molecule has 0 fully saturated rings. The Kier molecular flexibility index (Phi) is 6.52. The van der Waals surface area contributed by atoms with Gasteiger partial charge in [-0.3, -0.25) is 14.6 Å². The number of hydrogen-bond acceptors (Lipinski definition) is 8. The number of aromatic nitrogens is 3. The van der Waals surface area contributed by atoms with Gasteiger partial charge in [-0.25, -0.2) is 9.37 Å². The van der Waals surface area contributed by atoms with Crippen molar-refractivity contribution in [3.05, 3.63) is 58.7 Å². The Bertz CT molecular complexity index is 1250. The molecule has 0 bridgehead atoms. The molecule has 3 heterocycles. The lowest BCUT2D eigenvalue weighted by atomic mass is 9.99. The van der Waals surface area contributed by atoms with Crippen molar-refractivity contribution < 1.29 is 28.9 Å². The minimum Gasteiger partial charge on any atom is -0.480 e. The van der Waals surface area contributed by atoms with Gasteiger partial charge in [0.05, 0.1) is 29.2 Å². The van der Waals surface area contributed by atoms with E-state index >= 15 is 0 Å². The van der Waals surface area contributed by atoms with Crippen LogP contribution in [-0.2, 0) is 22.6 Å². The first-order chi connectivity index (χ1) is 15.9. The van der Waals surface area contributed by atoms with Gasteiger partial charge in [-0.05, 0) is 19.1 Å². The molecule has 1 aliphatic rings. The fourth-order valence-corrected chi connectivity index (χ4v) is 4.19. The number of aliphatic hydroxyl groups is 1. The van der Waals surface area contributed by atoms with Gasteiger partial charge in [-0.15, -0.1) is 0 Å². The Labute approximate surface area is 192 Å². The van der Waals surface area contributed by atoms with Gasteiger partial charge in [0.15, 0.2) is 11.6 Å². The quantitative estimate of drug-likeness (QED) is 0.275. The van der Waals surface area contributed by atoms with Crippen LogP contribution in [0.25, 0.3) is 11.4 Å². The van der Waals surface area contributed by atoms with E-state index in [9.17, 15) is 19.1 Å². The van der Waals surface area contributed by atoms with Crippen molar-refractivity contribution in [3.63, 3.8) is 0 Å². The van der Waals surface area contributed by atoms with E-state index in [1.165, 1.54) is 6.07 Å². The third kappa shape index (κ3) is 4.78. The summed E-state index contributed by atoms with van der Waals surface area (Å²) in [6.07, 6.45) is 1.89. The number of carboxylic acid groups (broad SMARTS) is 1. The Hall–Kier alpha value is -3.57. The summed E-state index contributed by atoms with van der Waals surface area (Å²) >= 11 is 1.07. The summed E-state index contributed by atoms with van der Waals surface area (Å²) in [6, 6.07) is 6.05. The zero-order valence-corrected chi connectivity index (χ0v) is 18.3. The number of ether oxygens (including phenoxy) is 1. The summed E-state index contributed by atoms with van der Waals surface area (Å²) in [7, 11) is 0. The number of nitrogens with zero attached hydrogens (tertiary/aromatic N) is 3. The second kappa shape index (κ2) is 9.51. The lowest BCUT2D eigenvalue weighted by molar-refractivity contribution is -0.137. The molecule has 3 N–H and O–H groups in total. The Balaban J connectivity index is 1.75. The molecule has 0 atom stereocenters. The van der Waals surface area contributed by atoms with Crippen molar-refractivity contribution in [1.82, 2.24) is 20.3 Å². The number of aliphatic hydroxyl groups excluding tert-OH is 1. The smallest absolute Gasteiger partial charge is 0.322 e. The van der Waals surface area contributed by atoms with Crippen molar-refractivity contribution in [2.45, 2.75) is 25.0 Å². The highest BCUT2D eigenvalue weighted by molar-refractivity contribution is 7.99. The van der Waals surface area contributed by atoms with Crippen molar-refractivity contribution in [1.29, 1.82) is 0 Å². The summed E-state index contributed by atoms with van der Waals surface area (Å²) in [5.74, 6) is -1.48. The van der Waals surface area contributed by atoms with E-state index in [0.717, 1.165) is 17.3 Å². The Morgan fingerprint density at radius 2 is 2.03 bits per heavy atom. The molecule has 33 heavy (non-hydrogen) atoms. The third-order valence-electron chi connectivity index (χ3n) is 4.95. The first-order valence-electron chi connectivity index (χ1n) is 9.90. The maximum absolute atomic E-state index is 14.4. The molecule has 1 aliphatic heterocycles. The van der Waals surface area contributed by atoms with Crippen molar-refractivity contribution >= 4 is 23.6 Å². The van der Waals surface area contributed by atoms with Gasteiger partial charge in [0.2, 0.25) is 11.8 Å². The number of amides is 1. The number of halogens is 1. The van der Waals surface area contributed by atoms with Crippen LogP contribution >= 0.6 is 11.8 Å². The minimum absolute atomic E-state index is 0.0904. The average molecular weight is 470 g/mol. The van der Waals surface area contributed by atoms with Crippen LogP contribution in [0, 0.1) is 12.7 Å². The second-order valence-electron chi connectivity index (χ2n) is 7.19. The summed E-state index contributed by atoms with van der Waals surface area (Å²) in [4.78, 5) is 35.9. The molecular formula is C22H19FN4O5S. The van der Waals surface area contributed by atoms with Crippen LogP contribution in [0.3, 0.4) is 0 Å². The number of carbonyl (C=O) groups is 2. The molecule has 0 spiro atoms. The third-order valence-corrected chi connectivity index (χ3v) is 5.97. The molecule has 0 radical (unpaired) electrons. The topological polar surface area (TPSA) is 135 Å². The first-order valence-corrected chi connectivity index (χ1v) is 10.9. The molecule has 11 heteroatoms. The van der Waals surface area contributed by atoms with Crippen LogP contribution < -0.4 is 10.1 Å². The van der Waals surface area contributed by atoms with Gasteiger partial charge < -0.3 is 20.3 Å². The lowest BCUT2D eigenvalue weighted by Gasteiger charge is -2.24. The maximum Gasteiger partial charge on any atom is 0.322 e. The molecule has 3 aromatic rings. The summed E-state index contributed by atoms with van der Waals surface area (Å²) in [6.45, 7) is 1.04. The average Bonchev–Trinajstić information content (AvgIpc) is 2.80. The van der Waals surface area contributed by atoms with Crippen molar-refractivity contribution in [2.24, 2.45) is 0 Å². The fraction of sp³-hybridized carbons (Fsp3) is 0.227. The minimum atomic E-state index is -1.15. The van der Waals surface area contributed by atoms with E-state index in [1.54, 1.807) is 31.3 Å². The van der Waals surface area contributed by atoms with Crippen LogP contribution in [0.5, 0.6) is 11.6 Å². The number of benzene rings is 1. The SMILES string of the molecule is Cc1ncc(CO)c2c1Oc1nc(-c3ccccc3F)nc(SCC(=O)NCC(=O)O)c1C2. The molecule has 0 saturated heterocycles. The number of carbonyl (C=O) groups excluding carboxylic acids is 1. The highest BCUT2D eigenvalue weighted by atomic mass is 32.2. The fourth-order valence-electron chi connectivity index (χ4n) is 3.34. The summed E-state index contributed by atoms with van der Waals surface area (Å²) in [5.41, 5.74) is 2.69. The number of aliphatic carboxylic acids is 1. The number of rotatable bonds is 7. The predicted molar refractivity (Wildman–Crippen MR) is 117 cm³/mol. The lowest BCUT2D eigenvalue weighted by Crippen LogP contribution is -2.30. The molecule has 0 unspecified atom stereocenters. The molecule has 0 saturated carbocycles. The van der Waals surface area contributed by atoms with Gasteiger partial charge in [0.25, 0.3) is 0 Å². The molecule has 1 aromatic carbocycles. The number of thioether (sulfide) groups is 1. The van der Waals surface area contributed by atoms with E-state index in [4.69, 9.17) is 9.84 Å². The van der Waals surface area contributed by atoms with E-state index in [-0.39, 0.29) is 29.6 Å². The standard InChI is InChI=1S/C22H19FN4O5S/c1-11-19-14(12(9-28)7-24-11)6-15-21(32-19)26-20(13-4-2-3-5-16(13)23)27-22(15)33-10-17(29)25-8-18(30)31/h2-5,7,28H,6,8-10H2,1H3,(H,25,29)(H,30,31). The number of carboxylic acids is 1. The van der Waals surface area contributed by atoms with Crippen molar-refractivity contribution in [2.75, 3.05) is 12.3 Å². The van der Waals surface area contributed by atoms with Gasteiger partial charge in [-0.1, -0.05) is 23.9 Å². The largest absolute Gasteiger partial charge is 0.480 e. The molecular weight excluding hydrogens is 451 g/mol. The van der Waals surface area contributed by atoms with Crippen molar-refractivity contribution in [3.8, 4) is 23.0 Å². The van der Waals surface area contributed by atoms with E-state index in [0.29, 0.717) is 34.0 Å². The highest BCUT2D eigenvalue weighted by Gasteiger charge is 2.28. The van der Waals surface area contributed by atoms with Crippen LogP contribution in [0.1, 0.15) is 22.4 Å². The maximum atomic E-state index is 14.4. The summed E-state index contributed by atoms with van der Waals surface area (Å²) < 4.78 is 20.5. The van der Waals surface area contributed by atoms with E-state index in [1.807, 2.05) is 0 Å². The predicted octanol–water partition coefficient (Wildman–Crippen LogP) is 2.47. The van der Waals surface area contributed by atoms with Gasteiger partial charge in [0.1, 0.15) is 17.4 Å². The molecule has 4 rings (SSSR count). The molecule has 1 amide bonds. The second-order valence-corrected chi connectivity index (χ2v) is 8.15. The number of nitrogens with one attached hydrogen (secondary N) is 1. The van der Waals surface area contributed by atoms with E-state index < -0.39 is 24.2 Å². The normalized spacial score (nSPS) is 11.8.